The van der Waals surface area contributed by atoms with Crippen LogP contribution >= 0.6 is 0 Å². The van der Waals surface area contributed by atoms with Crippen LogP contribution in [0.15, 0.2) is 0 Å². The summed E-state index contributed by atoms with van der Waals surface area (Å²) in [5.74, 6) is -2.58. The van der Waals surface area contributed by atoms with Crippen molar-refractivity contribution in [2.24, 2.45) is 0 Å². The van der Waals surface area contributed by atoms with Crippen LogP contribution in [0.25, 0.3) is 0 Å². The van der Waals surface area contributed by atoms with Crippen molar-refractivity contribution in [2.75, 3.05) is 0 Å². The molecule has 0 spiro atoms. The van der Waals surface area contributed by atoms with Crippen LogP contribution in [0.2, 0.25) is 0 Å². The zero-order valence-corrected chi connectivity index (χ0v) is 32.4. The molecular formula is C36H68O8Sn. The van der Waals surface area contributed by atoms with Crippen LogP contribution < -0.4 is 0 Å². The molecule has 8 nitrogen and oxygen atoms in total. The predicted molar refractivity (Wildman–Crippen MR) is 182 cm³/mol. The Bertz CT molecular complexity index is 632. The van der Waals surface area contributed by atoms with E-state index in [0.29, 0.717) is 25.7 Å². The summed E-state index contributed by atoms with van der Waals surface area (Å²) in [4.78, 5) is 52.1. The Morgan fingerprint density at radius 3 is 0.689 bits per heavy atom. The number of carbonyl (C=O) groups excluding carboxylic acids is 4. The summed E-state index contributed by atoms with van der Waals surface area (Å²) in [5, 5.41) is 0. The van der Waals surface area contributed by atoms with Crippen molar-refractivity contribution >= 4 is 43.9 Å². The van der Waals surface area contributed by atoms with Gasteiger partial charge in [0, 0.05) is 0 Å². The second kappa shape index (κ2) is 31.3. The average molecular weight is 748 g/mol. The first-order chi connectivity index (χ1) is 21.8. The van der Waals surface area contributed by atoms with Gasteiger partial charge in [-0.05, 0) is 0 Å². The summed E-state index contributed by atoms with van der Waals surface area (Å²) in [6.45, 7) is 8.61. The molecule has 0 bridgehead atoms. The molecule has 0 saturated heterocycles. The number of hydrogen-bond acceptors (Lipinski definition) is 8. The van der Waals surface area contributed by atoms with Gasteiger partial charge < -0.3 is 0 Å². The topological polar surface area (TPSA) is 105 Å². The Morgan fingerprint density at radius 2 is 0.489 bits per heavy atom. The molecule has 0 saturated carbocycles. The van der Waals surface area contributed by atoms with Crippen molar-refractivity contribution in [3.63, 3.8) is 0 Å². The number of hydrogen-bond donors (Lipinski definition) is 0. The van der Waals surface area contributed by atoms with Gasteiger partial charge in [-0.15, -0.1) is 0 Å². The Hall–Kier alpha value is -1.32. The van der Waals surface area contributed by atoms with Crippen LogP contribution in [0, 0.1) is 0 Å². The van der Waals surface area contributed by atoms with E-state index in [1.807, 2.05) is 0 Å². The first-order valence-electron chi connectivity index (χ1n) is 18.7. The third-order valence-electron chi connectivity index (χ3n) is 7.89. The second-order valence-electron chi connectivity index (χ2n) is 12.5. The normalized spacial score (nSPS) is 11.3. The summed E-state index contributed by atoms with van der Waals surface area (Å²) in [5.41, 5.74) is 0. The van der Waals surface area contributed by atoms with Gasteiger partial charge in [-0.3, -0.25) is 0 Å². The molecule has 9 heteroatoms. The zero-order chi connectivity index (χ0) is 33.4. The molecule has 0 fully saturated rings. The van der Waals surface area contributed by atoms with E-state index < -0.39 is 43.9 Å². The Labute approximate surface area is 281 Å². The first-order valence-corrected chi connectivity index (χ1v) is 23.4. The van der Waals surface area contributed by atoms with Crippen LogP contribution in [-0.2, 0) is 31.5 Å². The van der Waals surface area contributed by atoms with Crippen molar-refractivity contribution < 1.29 is 31.5 Å². The number of rotatable bonds is 32. The zero-order valence-electron chi connectivity index (χ0n) is 29.6. The van der Waals surface area contributed by atoms with Crippen LogP contribution in [0.4, 0.5) is 0 Å². The summed E-state index contributed by atoms with van der Waals surface area (Å²) in [6, 6.07) is 0. The maximum atomic E-state index is 13.0. The fourth-order valence-corrected chi connectivity index (χ4v) is 10.1. The van der Waals surface area contributed by atoms with Gasteiger partial charge in [-0.1, -0.05) is 0 Å². The third kappa shape index (κ3) is 27.5. The number of carbonyl (C=O) groups is 4. The van der Waals surface area contributed by atoms with E-state index in [9.17, 15) is 19.2 Å². The van der Waals surface area contributed by atoms with Gasteiger partial charge in [0.1, 0.15) is 0 Å². The second-order valence-corrected chi connectivity index (χ2v) is 17.7. The third-order valence-corrected chi connectivity index (χ3v) is 13.3. The van der Waals surface area contributed by atoms with E-state index in [1.54, 1.807) is 0 Å². The van der Waals surface area contributed by atoms with Gasteiger partial charge in [0.25, 0.3) is 0 Å². The molecule has 45 heavy (non-hydrogen) atoms. The van der Waals surface area contributed by atoms with Crippen molar-refractivity contribution in [1.29, 1.82) is 0 Å². The van der Waals surface area contributed by atoms with Crippen molar-refractivity contribution in [3.05, 3.63) is 0 Å². The SMILES string of the molecule is CCCCCCCCC(=O)[O][Sn]([O]C(=O)CCCCCCCC)([O]C(=O)CCCCCCCC)[O]C(=O)CCCCCCCC. The van der Waals surface area contributed by atoms with Gasteiger partial charge in [0.15, 0.2) is 0 Å². The average Bonchev–Trinajstić information content (AvgIpc) is 3.00. The van der Waals surface area contributed by atoms with Crippen LogP contribution in [0.5, 0.6) is 0 Å². The van der Waals surface area contributed by atoms with Gasteiger partial charge in [-0.2, -0.15) is 0 Å². The standard InChI is InChI=1S/4C9H18O2.Sn/c4*1-2-3-4-5-6-7-8-9(10)11;/h4*2-8H2,1H3,(H,10,11);/q;;;;+4/p-4. The molecule has 0 amide bonds. The fraction of sp³-hybridized carbons (Fsp3) is 0.889. The molecule has 0 atom stereocenters. The van der Waals surface area contributed by atoms with Gasteiger partial charge in [0.2, 0.25) is 0 Å². The maximum absolute atomic E-state index is 13.0. The van der Waals surface area contributed by atoms with Gasteiger partial charge >= 0.3 is 283 Å². The van der Waals surface area contributed by atoms with Crippen LogP contribution in [-0.4, -0.2) is 43.9 Å². The summed E-state index contributed by atoms with van der Waals surface area (Å²) in [7, 11) is 0. The molecule has 0 radical (unpaired) electrons. The van der Waals surface area contributed by atoms with Gasteiger partial charge in [-0.25, -0.2) is 0 Å². The molecule has 0 aromatic heterocycles. The molecule has 0 aliphatic heterocycles. The van der Waals surface area contributed by atoms with Crippen LogP contribution in [0.3, 0.4) is 0 Å². The molecular weight excluding hydrogens is 679 g/mol. The molecule has 0 N–H and O–H groups in total. The molecule has 0 aromatic carbocycles. The van der Waals surface area contributed by atoms with Gasteiger partial charge in [0.05, 0.1) is 0 Å². The number of unbranched alkanes of at least 4 members (excludes halogenated alkanes) is 20. The van der Waals surface area contributed by atoms with Crippen molar-refractivity contribution in [1.82, 2.24) is 0 Å². The minimum atomic E-state index is -5.76. The molecule has 0 aromatic rings. The van der Waals surface area contributed by atoms with Crippen molar-refractivity contribution in [3.8, 4) is 0 Å². The van der Waals surface area contributed by atoms with Crippen molar-refractivity contribution in [2.45, 2.75) is 207 Å². The monoisotopic (exact) mass is 748 g/mol. The molecule has 0 unspecified atom stereocenters. The quantitative estimate of drug-likeness (QED) is 0.0495. The van der Waals surface area contributed by atoms with E-state index >= 15 is 0 Å². The summed E-state index contributed by atoms with van der Waals surface area (Å²) >= 11 is -5.76. The first kappa shape index (κ1) is 43.7. The molecule has 0 aliphatic carbocycles. The molecule has 0 rings (SSSR count). The summed E-state index contributed by atoms with van der Waals surface area (Å²) < 4.78 is 22.8. The molecule has 0 aliphatic rings. The Kier molecular flexibility index (Phi) is 30.4. The van der Waals surface area contributed by atoms with Crippen LogP contribution in [0.1, 0.15) is 207 Å². The van der Waals surface area contributed by atoms with E-state index in [-0.39, 0.29) is 25.7 Å². The molecule has 0 heterocycles. The molecule has 264 valence electrons. The van der Waals surface area contributed by atoms with E-state index in [4.69, 9.17) is 12.3 Å². The fourth-order valence-electron chi connectivity index (χ4n) is 5.09. The Morgan fingerprint density at radius 1 is 0.311 bits per heavy atom. The Balaban J connectivity index is 5.57. The van der Waals surface area contributed by atoms with E-state index in [2.05, 4.69) is 27.7 Å². The predicted octanol–water partition coefficient (Wildman–Crippen LogP) is 10.6. The van der Waals surface area contributed by atoms with E-state index in [1.165, 1.54) is 0 Å². The summed E-state index contributed by atoms with van der Waals surface area (Å²) in [6.07, 6.45) is 23.9. The van der Waals surface area contributed by atoms with E-state index in [0.717, 1.165) is 128 Å². The minimum absolute atomic E-state index is 0.0870.